The Hall–Kier alpha value is -0.520. The van der Waals surface area contributed by atoms with Gasteiger partial charge >= 0.3 is 0 Å². The summed E-state index contributed by atoms with van der Waals surface area (Å²) >= 11 is 3.17. The summed E-state index contributed by atoms with van der Waals surface area (Å²) in [5.74, 6) is 0.273. The lowest BCUT2D eigenvalue weighted by atomic mass is 10.3. The molecule has 0 amide bonds. The molecule has 1 aromatic heterocycles. The molecule has 13 heavy (non-hydrogen) atoms. The summed E-state index contributed by atoms with van der Waals surface area (Å²) in [7, 11) is 0. The zero-order valence-corrected chi connectivity index (χ0v) is 8.92. The van der Waals surface area contributed by atoms with Gasteiger partial charge in [0.15, 0.2) is 5.82 Å². The van der Waals surface area contributed by atoms with E-state index in [1.807, 2.05) is 13.8 Å². The largest absolute Gasteiger partial charge is 0.307 e. The minimum Gasteiger partial charge on any atom is -0.307 e. The van der Waals surface area contributed by atoms with Gasteiger partial charge in [-0.25, -0.2) is 8.78 Å². The van der Waals surface area contributed by atoms with E-state index in [0.29, 0.717) is 11.2 Å². The van der Waals surface area contributed by atoms with Crippen LogP contribution in [-0.2, 0) is 5.33 Å². The highest BCUT2D eigenvalue weighted by molar-refractivity contribution is 9.08. The molecule has 1 aromatic rings. The Morgan fingerprint density at radius 3 is 2.38 bits per heavy atom. The van der Waals surface area contributed by atoms with Crippen molar-refractivity contribution in [2.75, 3.05) is 0 Å². The van der Waals surface area contributed by atoms with Crippen LogP contribution in [0.5, 0.6) is 0 Å². The lowest BCUT2D eigenvalue weighted by Gasteiger charge is -2.11. The van der Waals surface area contributed by atoms with E-state index >= 15 is 0 Å². The van der Waals surface area contributed by atoms with Crippen LogP contribution in [0.25, 0.3) is 0 Å². The molecule has 74 valence electrons. The van der Waals surface area contributed by atoms with Crippen LogP contribution in [0.15, 0.2) is 0 Å². The monoisotopic (exact) mass is 253 g/mol. The zero-order chi connectivity index (χ0) is 10.0. The molecule has 0 saturated heterocycles. The molecular formula is C7H10BrF2N3. The van der Waals surface area contributed by atoms with E-state index in [9.17, 15) is 8.78 Å². The van der Waals surface area contributed by atoms with Crippen LogP contribution >= 0.6 is 15.9 Å². The highest BCUT2D eigenvalue weighted by Gasteiger charge is 2.20. The fraction of sp³-hybridized carbons (Fsp3) is 0.714. The van der Waals surface area contributed by atoms with E-state index < -0.39 is 6.43 Å². The molecule has 0 spiro atoms. The Labute approximate surface area is 83.3 Å². The molecule has 0 aliphatic heterocycles. The van der Waals surface area contributed by atoms with Gasteiger partial charge in [0.1, 0.15) is 5.82 Å². The van der Waals surface area contributed by atoms with Crippen LogP contribution in [0.2, 0.25) is 0 Å². The molecule has 1 heterocycles. The predicted octanol–water partition coefficient (Wildman–Crippen LogP) is 2.69. The molecule has 6 heteroatoms. The molecular weight excluding hydrogens is 244 g/mol. The Kier molecular flexibility index (Phi) is 3.35. The first-order valence-electron chi connectivity index (χ1n) is 3.85. The number of hydrogen-bond donors (Lipinski definition) is 0. The van der Waals surface area contributed by atoms with Crippen molar-refractivity contribution in [1.29, 1.82) is 0 Å². The van der Waals surface area contributed by atoms with Crippen molar-refractivity contribution in [3.63, 3.8) is 0 Å². The summed E-state index contributed by atoms with van der Waals surface area (Å²) in [6.45, 7) is 3.64. The quantitative estimate of drug-likeness (QED) is 0.776. The number of halogens is 3. The van der Waals surface area contributed by atoms with Gasteiger partial charge in [0.2, 0.25) is 0 Å². The van der Waals surface area contributed by atoms with Crippen molar-refractivity contribution >= 4 is 15.9 Å². The van der Waals surface area contributed by atoms with Gasteiger partial charge in [-0.3, -0.25) is 0 Å². The number of nitrogens with zero attached hydrogens (tertiary/aromatic N) is 3. The summed E-state index contributed by atoms with van der Waals surface area (Å²) in [5.41, 5.74) is 0. The second-order valence-electron chi connectivity index (χ2n) is 2.87. The topological polar surface area (TPSA) is 30.7 Å². The smallest absolute Gasteiger partial charge is 0.297 e. The maximum Gasteiger partial charge on any atom is 0.297 e. The Bertz CT molecular complexity index is 285. The lowest BCUT2D eigenvalue weighted by Crippen LogP contribution is -2.09. The van der Waals surface area contributed by atoms with Gasteiger partial charge in [0, 0.05) is 6.04 Å². The van der Waals surface area contributed by atoms with Crippen molar-refractivity contribution in [3.8, 4) is 0 Å². The van der Waals surface area contributed by atoms with Crippen molar-refractivity contribution in [3.05, 3.63) is 11.6 Å². The van der Waals surface area contributed by atoms with E-state index in [0.717, 1.165) is 0 Å². The third-order valence-electron chi connectivity index (χ3n) is 1.62. The summed E-state index contributed by atoms with van der Waals surface area (Å²) in [6.07, 6.45) is -2.57. The molecule has 1 rings (SSSR count). The number of aromatic nitrogens is 3. The maximum absolute atomic E-state index is 12.4. The van der Waals surface area contributed by atoms with Crippen LogP contribution in [0.3, 0.4) is 0 Å². The number of alkyl halides is 3. The molecule has 0 atom stereocenters. The van der Waals surface area contributed by atoms with Crippen LogP contribution < -0.4 is 0 Å². The van der Waals surface area contributed by atoms with Crippen molar-refractivity contribution < 1.29 is 8.78 Å². The second-order valence-corrected chi connectivity index (χ2v) is 3.43. The molecule has 0 bridgehead atoms. The van der Waals surface area contributed by atoms with Gasteiger partial charge in [-0.1, -0.05) is 15.9 Å². The van der Waals surface area contributed by atoms with Crippen LogP contribution in [-0.4, -0.2) is 14.8 Å². The number of rotatable bonds is 3. The first-order chi connectivity index (χ1) is 6.07. The molecule has 0 aliphatic carbocycles. The van der Waals surface area contributed by atoms with Crippen molar-refractivity contribution in [2.45, 2.75) is 31.6 Å². The third-order valence-corrected chi connectivity index (χ3v) is 2.13. The first kappa shape index (κ1) is 10.6. The summed E-state index contributed by atoms with van der Waals surface area (Å²) in [5, 5.41) is 7.54. The SMILES string of the molecule is CC(C)n1c(CBr)nnc1C(F)F. The Balaban J connectivity index is 3.14. The van der Waals surface area contributed by atoms with E-state index in [-0.39, 0.29) is 11.9 Å². The zero-order valence-electron chi connectivity index (χ0n) is 7.34. The van der Waals surface area contributed by atoms with Gasteiger partial charge in [0.05, 0.1) is 5.33 Å². The molecule has 0 fully saturated rings. The van der Waals surface area contributed by atoms with Crippen molar-refractivity contribution in [2.24, 2.45) is 0 Å². The van der Waals surface area contributed by atoms with Crippen LogP contribution in [0, 0.1) is 0 Å². The predicted molar refractivity (Wildman–Crippen MR) is 48.0 cm³/mol. The third kappa shape index (κ3) is 2.04. The van der Waals surface area contributed by atoms with Gasteiger partial charge < -0.3 is 4.57 Å². The van der Waals surface area contributed by atoms with Crippen LogP contribution in [0.4, 0.5) is 8.78 Å². The first-order valence-corrected chi connectivity index (χ1v) is 4.97. The standard InChI is InChI=1S/C7H10BrF2N3/c1-4(2)13-5(3-8)11-12-7(13)6(9)10/h4,6H,3H2,1-2H3. The van der Waals surface area contributed by atoms with Crippen molar-refractivity contribution in [1.82, 2.24) is 14.8 Å². The minimum atomic E-state index is -2.57. The highest BCUT2D eigenvalue weighted by Crippen LogP contribution is 2.22. The maximum atomic E-state index is 12.4. The summed E-state index contributed by atoms with van der Waals surface area (Å²) < 4.78 is 26.2. The van der Waals surface area contributed by atoms with Crippen LogP contribution in [0.1, 0.15) is 38.0 Å². The average Bonchev–Trinajstić information content (AvgIpc) is 2.46. The fourth-order valence-electron chi connectivity index (χ4n) is 1.14. The van der Waals surface area contributed by atoms with Gasteiger partial charge in [0.25, 0.3) is 6.43 Å². The average molecular weight is 254 g/mol. The van der Waals surface area contributed by atoms with E-state index in [1.165, 1.54) is 4.57 Å². The Morgan fingerprint density at radius 2 is 2.00 bits per heavy atom. The van der Waals surface area contributed by atoms with Gasteiger partial charge in [-0.05, 0) is 13.8 Å². The second kappa shape index (κ2) is 4.13. The van der Waals surface area contributed by atoms with E-state index in [4.69, 9.17) is 0 Å². The van der Waals surface area contributed by atoms with E-state index in [1.54, 1.807) is 0 Å². The molecule has 0 N–H and O–H groups in total. The summed E-state index contributed by atoms with van der Waals surface area (Å²) in [4.78, 5) is 0. The normalized spacial score (nSPS) is 11.6. The molecule has 0 aliphatic rings. The fourth-order valence-corrected chi connectivity index (χ4v) is 1.52. The Morgan fingerprint density at radius 1 is 1.38 bits per heavy atom. The summed E-state index contributed by atoms with van der Waals surface area (Å²) in [6, 6.07) is -0.0495. The van der Waals surface area contributed by atoms with E-state index in [2.05, 4.69) is 26.1 Å². The highest BCUT2D eigenvalue weighted by atomic mass is 79.9. The van der Waals surface area contributed by atoms with Gasteiger partial charge in [-0.15, -0.1) is 10.2 Å². The number of hydrogen-bond acceptors (Lipinski definition) is 2. The molecule has 3 nitrogen and oxygen atoms in total. The lowest BCUT2D eigenvalue weighted by molar-refractivity contribution is 0.133. The molecule has 0 saturated carbocycles. The molecule has 0 unspecified atom stereocenters. The molecule has 0 aromatic carbocycles. The molecule has 0 radical (unpaired) electrons. The van der Waals surface area contributed by atoms with Gasteiger partial charge in [-0.2, -0.15) is 0 Å². The minimum absolute atomic E-state index is 0.0495.